The molecule has 2 aromatic carbocycles. The van der Waals surface area contributed by atoms with Crippen molar-refractivity contribution in [3.8, 4) is 11.5 Å². The van der Waals surface area contributed by atoms with E-state index in [1.807, 2.05) is 45.0 Å². The summed E-state index contributed by atoms with van der Waals surface area (Å²) in [5, 5.41) is 0.721. The molecule has 0 aliphatic heterocycles. The van der Waals surface area contributed by atoms with Crippen molar-refractivity contribution >= 4 is 34.4 Å². The number of hydrogen-bond donors (Lipinski definition) is 1. The van der Waals surface area contributed by atoms with Crippen molar-refractivity contribution in [3.63, 3.8) is 0 Å². The third-order valence-corrected chi connectivity index (χ3v) is 5.40. The molecule has 1 amide bonds. The molecule has 3 aromatic heterocycles. The molecule has 0 aliphatic carbocycles. The first kappa shape index (κ1) is 23.0. The Morgan fingerprint density at radius 2 is 1.72 bits per heavy atom. The molecular formula is C28H24N4O4. The summed E-state index contributed by atoms with van der Waals surface area (Å²) in [5.74, 6) is 0.150. The van der Waals surface area contributed by atoms with Gasteiger partial charge in [0.05, 0.1) is 34.8 Å². The van der Waals surface area contributed by atoms with Gasteiger partial charge in [-0.1, -0.05) is 18.2 Å². The fourth-order valence-corrected chi connectivity index (χ4v) is 3.80. The number of amides is 1. The van der Waals surface area contributed by atoms with Gasteiger partial charge in [-0.15, -0.1) is 0 Å². The molecule has 1 N–H and O–H groups in total. The summed E-state index contributed by atoms with van der Waals surface area (Å²) < 4.78 is 10.9. The number of imidazole rings is 1. The van der Waals surface area contributed by atoms with E-state index in [0.29, 0.717) is 39.7 Å². The van der Waals surface area contributed by atoms with Crippen LogP contribution in [0.5, 0.6) is 0 Å². The zero-order chi connectivity index (χ0) is 25.3. The number of pyridine rings is 1. The molecule has 0 radical (unpaired) electrons. The van der Waals surface area contributed by atoms with Crippen molar-refractivity contribution in [3.05, 3.63) is 96.5 Å². The van der Waals surface area contributed by atoms with Crippen LogP contribution in [-0.4, -0.2) is 32.4 Å². The second-order valence-electron chi connectivity index (χ2n) is 9.16. The molecule has 3 heterocycles. The molecule has 0 fully saturated rings. The lowest BCUT2D eigenvalue weighted by atomic mass is 10.1. The molecule has 36 heavy (non-hydrogen) atoms. The summed E-state index contributed by atoms with van der Waals surface area (Å²) in [6.45, 7) is 5.44. The van der Waals surface area contributed by atoms with Gasteiger partial charge in [-0.3, -0.25) is 9.78 Å². The normalized spacial score (nSPS) is 11.4. The Kier molecular flexibility index (Phi) is 5.85. The highest BCUT2D eigenvalue weighted by atomic mass is 16.6. The minimum Gasteiger partial charge on any atom is -0.463 e. The van der Waals surface area contributed by atoms with Crippen molar-refractivity contribution in [2.24, 2.45) is 0 Å². The Morgan fingerprint density at radius 1 is 0.944 bits per heavy atom. The summed E-state index contributed by atoms with van der Waals surface area (Å²) >= 11 is 0. The molecule has 8 heteroatoms. The SMILES string of the molecule is CC(C)(C)OC(=O)c1ccc(N(C(=O)c2ccnc3ccccc23)c2ncc(-c3ccco3)[nH]2)cc1. The van der Waals surface area contributed by atoms with Crippen molar-refractivity contribution in [1.82, 2.24) is 15.0 Å². The molecule has 0 aliphatic rings. The van der Waals surface area contributed by atoms with Crippen LogP contribution in [0.25, 0.3) is 22.4 Å². The molecule has 5 aromatic rings. The second kappa shape index (κ2) is 9.14. The largest absolute Gasteiger partial charge is 0.463 e. The third-order valence-electron chi connectivity index (χ3n) is 5.40. The molecule has 0 bridgehead atoms. The van der Waals surface area contributed by atoms with Crippen LogP contribution in [-0.2, 0) is 4.74 Å². The Morgan fingerprint density at radius 3 is 2.44 bits per heavy atom. The van der Waals surface area contributed by atoms with Gasteiger partial charge >= 0.3 is 5.97 Å². The maximum absolute atomic E-state index is 14.0. The number of benzene rings is 2. The van der Waals surface area contributed by atoms with Gasteiger partial charge < -0.3 is 14.1 Å². The number of carbonyl (C=O) groups is 2. The summed E-state index contributed by atoms with van der Waals surface area (Å²) in [6, 6.07) is 19.3. The fraction of sp³-hybridized carbons (Fsp3) is 0.143. The average Bonchev–Trinajstić information content (AvgIpc) is 3.56. The number of ether oxygens (including phenoxy) is 1. The van der Waals surface area contributed by atoms with E-state index in [0.717, 1.165) is 5.39 Å². The Bertz CT molecular complexity index is 1520. The maximum atomic E-state index is 14.0. The van der Waals surface area contributed by atoms with Crippen LogP contribution in [0, 0.1) is 0 Å². The Balaban J connectivity index is 1.57. The van der Waals surface area contributed by atoms with Crippen LogP contribution in [0.1, 0.15) is 41.5 Å². The van der Waals surface area contributed by atoms with Crippen molar-refractivity contribution in [2.75, 3.05) is 4.90 Å². The number of aromatic amines is 1. The number of nitrogens with zero attached hydrogens (tertiary/aromatic N) is 3. The fourth-order valence-electron chi connectivity index (χ4n) is 3.80. The minimum absolute atomic E-state index is 0.303. The predicted molar refractivity (Wildman–Crippen MR) is 136 cm³/mol. The van der Waals surface area contributed by atoms with E-state index < -0.39 is 11.6 Å². The zero-order valence-corrected chi connectivity index (χ0v) is 20.1. The van der Waals surface area contributed by atoms with Crippen molar-refractivity contribution < 1.29 is 18.7 Å². The van der Waals surface area contributed by atoms with Gasteiger partial charge in [-0.05, 0) is 69.3 Å². The maximum Gasteiger partial charge on any atom is 0.338 e. The summed E-state index contributed by atoms with van der Waals surface area (Å²) in [5.41, 5.74) is 2.08. The van der Waals surface area contributed by atoms with E-state index in [-0.39, 0.29) is 5.91 Å². The predicted octanol–water partition coefficient (Wildman–Crippen LogP) is 6.15. The molecule has 0 atom stereocenters. The molecule has 180 valence electrons. The molecular weight excluding hydrogens is 456 g/mol. The van der Waals surface area contributed by atoms with Gasteiger partial charge in [0, 0.05) is 11.6 Å². The quantitative estimate of drug-likeness (QED) is 0.303. The summed E-state index contributed by atoms with van der Waals surface area (Å²) in [7, 11) is 0. The van der Waals surface area contributed by atoms with Gasteiger partial charge in [-0.2, -0.15) is 0 Å². The minimum atomic E-state index is -0.615. The number of furan rings is 1. The third kappa shape index (κ3) is 4.61. The Hall–Kier alpha value is -4.72. The van der Waals surface area contributed by atoms with Gasteiger partial charge in [-0.25, -0.2) is 14.7 Å². The molecule has 0 saturated heterocycles. The van der Waals surface area contributed by atoms with Crippen LogP contribution in [0.2, 0.25) is 0 Å². The molecule has 8 nitrogen and oxygen atoms in total. The molecule has 5 rings (SSSR count). The Labute approximate surface area is 207 Å². The highest BCUT2D eigenvalue weighted by Crippen LogP contribution is 2.30. The number of para-hydroxylation sites is 1. The standard InChI is InChI=1S/C28H24N4O4/c1-28(2,3)36-26(34)18-10-12-19(13-11-18)32(27-30-17-23(31-27)24-9-6-16-35-24)25(33)21-14-15-29-22-8-5-4-7-20(21)22/h4-17H,1-3H3,(H,30,31). The highest BCUT2D eigenvalue weighted by Gasteiger charge is 2.26. The van der Waals surface area contributed by atoms with Crippen LogP contribution in [0.15, 0.2) is 89.8 Å². The number of aromatic nitrogens is 3. The highest BCUT2D eigenvalue weighted by molar-refractivity contribution is 6.16. The van der Waals surface area contributed by atoms with Gasteiger partial charge in [0.15, 0.2) is 5.76 Å². The van der Waals surface area contributed by atoms with E-state index in [4.69, 9.17) is 9.15 Å². The smallest absolute Gasteiger partial charge is 0.338 e. The lowest BCUT2D eigenvalue weighted by Crippen LogP contribution is -2.27. The van der Waals surface area contributed by atoms with E-state index in [1.54, 1.807) is 61.1 Å². The second-order valence-corrected chi connectivity index (χ2v) is 9.16. The van der Waals surface area contributed by atoms with Crippen LogP contribution >= 0.6 is 0 Å². The van der Waals surface area contributed by atoms with Crippen LogP contribution < -0.4 is 4.90 Å². The van der Waals surface area contributed by atoms with Crippen LogP contribution in [0.4, 0.5) is 11.6 Å². The number of carbonyl (C=O) groups excluding carboxylic acids is 2. The summed E-state index contributed by atoms with van der Waals surface area (Å²) in [6.07, 6.45) is 4.78. The number of hydrogen-bond acceptors (Lipinski definition) is 6. The first-order valence-electron chi connectivity index (χ1n) is 11.4. The lowest BCUT2D eigenvalue weighted by molar-refractivity contribution is 0.00695. The van der Waals surface area contributed by atoms with Crippen molar-refractivity contribution in [1.29, 1.82) is 0 Å². The first-order valence-corrected chi connectivity index (χ1v) is 11.4. The average molecular weight is 481 g/mol. The van der Waals surface area contributed by atoms with Gasteiger partial charge in [0.1, 0.15) is 11.3 Å². The number of fused-ring (bicyclic) bond motifs is 1. The topological polar surface area (TPSA) is 101 Å². The first-order chi connectivity index (χ1) is 17.3. The molecule has 0 spiro atoms. The molecule has 0 saturated carbocycles. The monoisotopic (exact) mass is 480 g/mol. The van der Waals surface area contributed by atoms with Gasteiger partial charge in [0.2, 0.25) is 5.95 Å². The van der Waals surface area contributed by atoms with Crippen molar-refractivity contribution in [2.45, 2.75) is 26.4 Å². The number of esters is 1. The van der Waals surface area contributed by atoms with Crippen LogP contribution in [0.3, 0.4) is 0 Å². The lowest BCUT2D eigenvalue weighted by Gasteiger charge is -2.22. The summed E-state index contributed by atoms with van der Waals surface area (Å²) in [4.78, 5) is 40.0. The zero-order valence-electron chi connectivity index (χ0n) is 20.1. The number of nitrogens with one attached hydrogen (secondary N) is 1. The van der Waals surface area contributed by atoms with E-state index in [2.05, 4.69) is 15.0 Å². The molecule has 0 unspecified atom stereocenters. The van der Waals surface area contributed by atoms with Gasteiger partial charge in [0.25, 0.3) is 5.91 Å². The number of anilines is 2. The number of rotatable bonds is 5. The van der Waals surface area contributed by atoms with E-state index in [1.165, 1.54) is 4.90 Å². The number of H-pyrrole nitrogens is 1. The van der Waals surface area contributed by atoms with E-state index in [9.17, 15) is 9.59 Å². The van der Waals surface area contributed by atoms with E-state index >= 15 is 0 Å².